The Balaban J connectivity index is 1.35. The number of nitrogens with one attached hydrogen (secondary N) is 1. The summed E-state index contributed by atoms with van der Waals surface area (Å²) in [6.07, 6.45) is 2.35. The molecule has 0 atom stereocenters. The number of carbonyl (C=O) groups excluding carboxylic acids is 1. The summed E-state index contributed by atoms with van der Waals surface area (Å²) < 4.78 is 12.8. The van der Waals surface area contributed by atoms with Crippen molar-refractivity contribution in [1.82, 2.24) is 10.2 Å². The monoisotopic (exact) mass is 326 g/mol. The van der Waals surface area contributed by atoms with Crippen LogP contribution in [0.4, 0.5) is 4.39 Å². The summed E-state index contributed by atoms with van der Waals surface area (Å²) in [5, 5.41) is 2.95. The van der Waals surface area contributed by atoms with E-state index in [9.17, 15) is 9.18 Å². The molecule has 0 saturated carbocycles. The third-order valence-corrected chi connectivity index (χ3v) is 4.46. The minimum absolute atomic E-state index is 0.00871. The van der Waals surface area contributed by atoms with E-state index in [1.54, 1.807) is 12.1 Å². The first-order chi connectivity index (χ1) is 11.7. The average Bonchev–Trinajstić information content (AvgIpc) is 2.60. The summed E-state index contributed by atoms with van der Waals surface area (Å²) in [6.45, 7) is 3.75. The van der Waals surface area contributed by atoms with Crippen molar-refractivity contribution in [2.75, 3.05) is 19.6 Å². The van der Waals surface area contributed by atoms with Gasteiger partial charge in [0.25, 0.3) is 0 Å². The van der Waals surface area contributed by atoms with E-state index in [1.165, 1.54) is 23.3 Å². The first-order valence-corrected chi connectivity index (χ1v) is 8.51. The number of carbonyl (C=O) groups is 1. The van der Waals surface area contributed by atoms with Gasteiger partial charge in [0.05, 0.1) is 6.42 Å². The van der Waals surface area contributed by atoms with Crippen molar-refractivity contribution in [2.45, 2.75) is 25.8 Å². The summed E-state index contributed by atoms with van der Waals surface area (Å²) in [7, 11) is 0. The van der Waals surface area contributed by atoms with E-state index in [1.807, 2.05) is 0 Å². The van der Waals surface area contributed by atoms with E-state index in [2.05, 4.69) is 34.5 Å². The molecule has 0 spiro atoms. The highest BCUT2D eigenvalue weighted by atomic mass is 19.1. The van der Waals surface area contributed by atoms with E-state index < -0.39 is 0 Å². The Morgan fingerprint density at radius 3 is 2.62 bits per heavy atom. The third-order valence-electron chi connectivity index (χ3n) is 4.46. The molecule has 4 heteroatoms. The molecule has 0 aliphatic carbocycles. The van der Waals surface area contributed by atoms with Gasteiger partial charge in [-0.15, -0.1) is 0 Å². The van der Waals surface area contributed by atoms with Crippen LogP contribution in [0.25, 0.3) is 0 Å². The van der Waals surface area contributed by atoms with Crippen molar-refractivity contribution in [2.24, 2.45) is 0 Å². The molecule has 24 heavy (non-hydrogen) atoms. The van der Waals surface area contributed by atoms with E-state index in [-0.39, 0.29) is 11.7 Å². The molecule has 2 aromatic carbocycles. The number of fused-ring (bicyclic) bond motifs is 1. The van der Waals surface area contributed by atoms with Crippen LogP contribution in [-0.4, -0.2) is 30.4 Å². The minimum atomic E-state index is -0.276. The Kier molecular flexibility index (Phi) is 5.59. The largest absolute Gasteiger partial charge is 0.356 e. The van der Waals surface area contributed by atoms with Crippen LogP contribution >= 0.6 is 0 Å². The van der Waals surface area contributed by atoms with Gasteiger partial charge in [0.15, 0.2) is 0 Å². The molecule has 1 aliphatic heterocycles. The summed E-state index contributed by atoms with van der Waals surface area (Å²) in [5.74, 6) is -0.284. The van der Waals surface area contributed by atoms with Gasteiger partial charge in [0.2, 0.25) is 5.91 Å². The summed E-state index contributed by atoms with van der Waals surface area (Å²) in [6, 6.07) is 14.7. The number of hydrogen-bond donors (Lipinski definition) is 1. The van der Waals surface area contributed by atoms with Crippen molar-refractivity contribution in [3.05, 3.63) is 71.0 Å². The van der Waals surface area contributed by atoms with Crippen LogP contribution in [0.3, 0.4) is 0 Å². The summed E-state index contributed by atoms with van der Waals surface area (Å²) in [4.78, 5) is 14.3. The second-order valence-electron chi connectivity index (χ2n) is 6.30. The van der Waals surface area contributed by atoms with E-state index in [4.69, 9.17) is 0 Å². The molecule has 3 nitrogen and oxygen atoms in total. The zero-order valence-electron chi connectivity index (χ0n) is 13.8. The number of nitrogens with zero attached hydrogens (tertiary/aromatic N) is 1. The number of benzene rings is 2. The molecule has 1 heterocycles. The number of rotatable bonds is 6. The predicted octanol–water partition coefficient (Wildman–Crippen LogP) is 2.93. The predicted molar refractivity (Wildman–Crippen MR) is 93.2 cm³/mol. The van der Waals surface area contributed by atoms with Crippen molar-refractivity contribution in [1.29, 1.82) is 0 Å². The van der Waals surface area contributed by atoms with Gasteiger partial charge in [0.1, 0.15) is 5.82 Å². The van der Waals surface area contributed by atoms with Gasteiger partial charge in [-0.3, -0.25) is 9.69 Å². The second-order valence-corrected chi connectivity index (χ2v) is 6.30. The molecule has 2 aromatic rings. The molecular formula is C20H23FN2O. The van der Waals surface area contributed by atoms with Gasteiger partial charge in [-0.05, 0) is 41.7 Å². The molecule has 126 valence electrons. The SMILES string of the molecule is O=C(Cc1ccc(F)cc1)NCCCN1CCc2ccccc2C1. The second kappa shape index (κ2) is 8.06. The van der Waals surface area contributed by atoms with Crippen molar-refractivity contribution in [3.8, 4) is 0 Å². The van der Waals surface area contributed by atoms with Gasteiger partial charge < -0.3 is 5.32 Å². The average molecular weight is 326 g/mol. The van der Waals surface area contributed by atoms with Crippen molar-refractivity contribution in [3.63, 3.8) is 0 Å². The van der Waals surface area contributed by atoms with Crippen LogP contribution in [0, 0.1) is 5.82 Å². The van der Waals surface area contributed by atoms with E-state index in [0.29, 0.717) is 13.0 Å². The topological polar surface area (TPSA) is 32.3 Å². The van der Waals surface area contributed by atoms with Gasteiger partial charge in [-0.2, -0.15) is 0 Å². The van der Waals surface area contributed by atoms with Crippen LogP contribution in [-0.2, 0) is 24.2 Å². The lowest BCUT2D eigenvalue weighted by Gasteiger charge is -2.28. The molecular weight excluding hydrogens is 303 g/mol. The maximum Gasteiger partial charge on any atom is 0.224 e. The first-order valence-electron chi connectivity index (χ1n) is 8.51. The van der Waals surface area contributed by atoms with Gasteiger partial charge in [0, 0.05) is 26.2 Å². The molecule has 0 unspecified atom stereocenters. The molecule has 3 rings (SSSR count). The third kappa shape index (κ3) is 4.65. The van der Waals surface area contributed by atoms with Crippen LogP contribution in [0.5, 0.6) is 0 Å². The smallest absolute Gasteiger partial charge is 0.224 e. The van der Waals surface area contributed by atoms with Crippen LogP contribution < -0.4 is 5.32 Å². The molecule has 1 aliphatic rings. The van der Waals surface area contributed by atoms with Crippen LogP contribution in [0.1, 0.15) is 23.1 Å². The Morgan fingerprint density at radius 1 is 1.08 bits per heavy atom. The number of halogens is 1. The quantitative estimate of drug-likeness (QED) is 0.828. The van der Waals surface area contributed by atoms with E-state index >= 15 is 0 Å². The van der Waals surface area contributed by atoms with Crippen molar-refractivity contribution >= 4 is 5.91 Å². The Bertz CT molecular complexity index is 684. The van der Waals surface area contributed by atoms with Gasteiger partial charge >= 0.3 is 0 Å². The normalized spacial score (nSPS) is 14.2. The fraction of sp³-hybridized carbons (Fsp3) is 0.350. The lowest BCUT2D eigenvalue weighted by atomic mass is 10.00. The van der Waals surface area contributed by atoms with Gasteiger partial charge in [-0.1, -0.05) is 36.4 Å². The van der Waals surface area contributed by atoms with Crippen LogP contribution in [0.15, 0.2) is 48.5 Å². The fourth-order valence-electron chi connectivity index (χ4n) is 3.13. The Labute approximate surface area is 142 Å². The number of hydrogen-bond acceptors (Lipinski definition) is 2. The first kappa shape index (κ1) is 16.7. The minimum Gasteiger partial charge on any atom is -0.356 e. The highest BCUT2D eigenvalue weighted by Gasteiger charge is 2.14. The lowest BCUT2D eigenvalue weighted by molar-refractivity contribution is -0.120. The zero-order valence-corrected chi connectivity index (χ0v) is 13.8. The van der Waals surface area contributed by atoms with Crippen LogP contribution in [0.2, 0.25) is 0 Å². The highest BCUT2D eigenvalue weighted by molar-refractivity contribution is 5.78. The van der Waals surface area contributed by atoms with Crippen molar-refractivity contribution < 1.29 is 9.18 Å². The molecule has 1 N–H and O–H groups in total. The molecule has 0 aromatic heterocycles. The number of amides is 1. The Hall–Kier alpha value is -2.20. The summed E-state index contributed by atoms with van der Waals surface area (Å²) >= 11 is 0. The zero-order chi connectivity index (χ0) is 16.8. The molecule has 0 bridgehead atoms. The van der Waals surface area contributed by atoms with Gasteiger partial charge in [-0.25, -0.2) is 4.39 Å². The summed E-state index contributed by atoms with van der Waals surface area (Å²) in [5.41, 5.74) is 3.71. The molecule has 0 fully saturated rings. The molecule has 0 saturated heterocycles. The Morgan fingerprint density at radius 2 is 1.83 bits per heavy atom. The fourth-order valence-corrected chi connectivity index (χ4v) is 3.13. The van der Waals surface area contributed by atoms with E-state index in [0.717, 1.165) is 38.0 Å². The maximum absolute atomic E-state index is 12.8. The standard InChI is InChI=1S/C20H23FN2O/c21-19-8-6-16(7-9-19)14-20(24)22-11-3-12-23-13-10-17-4-1-2-5-18(17)15-23/h1-2,4-9H,3,10-15H2,(H,22,24). The molecule has 0 radical (unpaired) electrons. The molecule has 1 amide bonds. The maximum atomic E-state index is 12.8. The lowest BCUT2D eigenvalue weighted by Crippen LogP contribution is -2.34. The highest BCUT2D eigenvalue weighted by Crippen LogP contribution is 2.18.